The van der Waals surface area contributed by atoms with Gasteiger partial charge in [-0.2, -0.15) is 0 Å². The first-order valence-electron chi connectivity index (χ1n) is 7.14. The van der Waals surface area contributed by atoms with Gasteiger partial charge >= 0.3 is 0 Å². The molecular weight excluding hydrogens is 234 g/mol. The van der Waals surface area contributed by atoms with E-state index in [9.17, 15) is 0 Å². The van der Waals surface area contributed by atoms with Gasteiger partial charge in [0.05, 0.1) is 12.1 Å². The van der Waals surface area contributed by atoms with Gasteiger partial charge < -0.3 is 10.6 Å². The lowest BCUT2D eigenvalue weighted by atomic mass is 9.74. The summed E-state index contributed by atoms with van der Waals surface area (Å²) in [4.78, 5) is 6.90. The minimum atomic E-state index is 0.0726. The van der Waals surface area contributed by atoms with Gasteiger partial charge in [0.15, 0.2) is 5.96 Å². The van der Waals surface area contributed by atoms with Crippen LogP contribution < -0.4 is 10.6 Å². The van der Waals surface area contributed by atoms with E-state index in [1.165, 1.54) is 30.5 Å². The molecule has 1 saturated carbocycles. The normalized spacial score (nSPS) is 29.0. The average Bonchev–Trinajstić information content (AvgIpc) is 2.83. The van der Waals surface area contributed by atoms with Crippen LogP contribution in [0.3, 0.4) is 0 Å². The zero-order valence-corrected chi connectivity index (χ0v) is 12.1. The van der Waals surface area contributed by atoms with E-state index in [0.717, 1.165) is 6.54 Å². The molecule has 1 aromatic rings. The maximum Gasteiger partial charge on any atom is 0.196 e. The lowest BCUT2D eigenvalue weighted by Crippen LogP contribution is -2.58. The molecule has 0 amide bonds. The number of guanidine groups is 1. The number of hydrogen-bond acceptors (Lipinski definition) is 3. The average molecular weight is 257 g/mol. The second kappa shape index (κ2) is 3.99. The zero-order valence-electron chi connectivity index (χ0n) is 12.1. The minimum Gasteiger partial charge on any atom is -0.369 e. The number of hydrogen-bond donors (Lipinski definition) is 1. The highest BCUT2D eigenvalue weighted by atomic mass is 15.4. The van der Waals surface area contributed by atoms with Gasteiger partial charge in [-0.3, -0.25) is 4.99 Å². The summed E-state index contributed by atoms with van der Waals surface area (Å²) < 4.78 is 0. The molecule has 3 heteroatoms. The van der Waals surface area contributed by atoms with Crippen LogP contribution in [0.4, 0.5) is 5.69 Å². The van der Waals surface area contributed by atoms with Gasteiger partial charge in [0, 0.05) is 5.69 Å². The fourth-order valence-electron chi connectivity index (χ4n) is 3.84. The summed E-state index contributed by atoms with van der Waals surface area (Å²) in [6.45, 7) is 7.70. The van der Waals surface area contributed by atoms with Crippen molar-refractivity contribution in [3.63, 3.8) is 0 Å². The van der Waals surface area contributed by atoms with Gasteiger partial charge in [0.25, 0.3) is 0 Å². The van der Waals surface area contributed by atoms with Crippen molar-refractivity contribution in [1.29, 1.82) is 0 Å². The van der Waals surface area contributed by atoms with Crippen LogP contribution in [0.2, 0.25) is 0 Å². The van der Waals surface area contributed by atoms with Crippen LogP contribution >= 0.6 is 0 Å². The summed E-state index contributed by atoms with van der Waals surface area (Å²) in [5, 5.41) is 0. The van der Waals surface area contributed by atoms with Crippen LogP contribution in [0.1, 0.15) is 38.7 Å². The Hall–Kier alpha value is -1.51. The monoisotopic (exact) mass is 257 g/mol. The molecular formula is C16H23N3. The lowest BCUT2D eigenvalue weighted by molar-refractivity contribution is 0.227. The van der Waals surface area contributed by atoms with E-state index in [-0.39, 0.29) is 11.0 Å². The summed E-state index contributed by atoms with van der Waals surface area (Å²) in [5.74, 6) is 0.685. The Morgan fingerprint density at radius 2 is 1.95 bits per heavy atom. The molecule has 1 fully saturated rings. The zero-order chi connectivity index (χ0) is 13.7. The van der Waals surface area contributed by atoms with Crippen molar-refractivity contribution >= 4 is 11.6 Å². The Kier molecular flexibility index (Phi) is 2.63. The molecule has 0 radical (unpaired) electrons. The first-order valence-corrected chi connectivity index (χ1v) is 7.14. The number of para-hydroxylation sites is 1. The fourth-order valence-corrected chi connectivity index (χ4v) is 3.84. The van der Waals surface area contributed by atoms with Crippen LogP contribution in [0, 0.1) is 12.3 Å². The van der Waals surface area contributed by atoms with Crippen LogP contribution in [-0.2, 0) is 0 Å². The van der Waals surface area contributed by atoms with Gasteiger partial charge in [0.2, 0.25) is 0 Å². The van der Waals surface area contributed by atoms with Crippen LogP contribution in [-0.4, -0.2) is 18.0 Å². The predicted molar refractivity (Wildman–Crippen MR) is 80.5 cm³/mol. The number of nitrogens with zero attached hydrogens (tertiary/aromatic N) is 2. The Bertz CT molecular complexity index is 533. The third-order valence-corrected chi connectivity index (χ3v) is 5.17. The number of anilines is 1. The van der Waals surface area contributed by atoms with Crippen molar-refractivity contribution in [2.45, 2.75) is 45.6 Å². The molecule has 102 valence electrons. The molecule has 1 aromatic carbocycles. The second-order valence-electron chi connectivity index (χ2n) is 6.57. The SMILES string of the molecule is Cc1ccccc1N1C(N)=NCC12CCCC2(C)C. The van der Waals surface area contributed by atoms with E-state index in [0.29, 0.717) is 5.96 Å². The molecule has 1 spiro atoms. The first kappa shape index (κ1) is 12.5. The Balaban J connectivity index is 2.12. The highest BCUT2D eigenvalue weighted by molar-refractivity contribution is 5.99. The van der Waals surface area contributed by atoms with Gasteiger partial charge in [-0.15, -0.1) is 0 Å². The van der Waals surface area contributed by atoms with Crippen molar-refractivity contribution in [2.75, 3.05) is 11.4 Å². The Morgan fingerprint density at radius 3 is 2.58 bits per heavy atom. The maximum absolute atomic E-state index is 6.23. The number of benzene rings is 1. The summed E-state index contributed by atoms with van der Waals surface area (Å²) >= 11 is 0. The van der Waals surface area contributed by atoms with E-state index < -0.39 is 0 Å². The highest BCUT2D eigenvalue weighted by Gasteiger charge is 2.56. The molecule has 2 N–H and O–H groups in total. The number of nitrogens with two attached hydrogens (primary N) is 1. The van der Waals surface area contributed by atoms with Gasteiger partial charge in [-0.1, -0.05) is 38.5 Å². The number of aliphatic imine (C=N–C) groups is 1. The van der Waals surface area contributed by atoms with Crippen LogP contribution in [0.15, 0.2) is 29.3 Å². The topological polar surface area (TPSA) is 41.6 Å². The third kappa shape index (κ3) is 1.60. The van der Waals surface area contributed by atoms with E-state index in [1.807, 2.05) is 0 Å². The van der Waals surface area contributed by atoms with E-state index >= 15 is 0 Å². The highest BCUT2D eigenvalue weighted by Crippen LogP contribution is 2.53. The number of rotatable bonds is 1. The smallest absolute Gasteiger partial charge is 0.196 e. The molecule has 3 nitrogen and oxygen atoms in total. The van der Waals surface area contributed by atoms with Crippen LogP contribution in [0.5, 0.6) is 0 Å². The fraction of sp³-hybridized carbons (Fsp3) is 0.562. The maximum atomic E-state index is 6.23. The van der Waals surface area contributed by atoms with E-state index in [1.54, 1.807) is 0 Å². The quantitative estimate of drug-likeness (QED) is 0.840. The molecule has 2 aliphatic rings. The molecule has 1 atom stereocenters. The molecule has 1 aliphatic heterocycles. The predicted octanol–water partition coefficient (Wildman–Crippen LogP) is 3.08. The molecule has 0 bridgehead atoms. The summed E-state index contributed by atoms with van der Waals surface area (Å²) in [5.41, 5.74) is 9.04. The summed E-state index contributed by atoms with van der Waals surface area (Å²) in [6, 6.07) is 8.48. The Labute approximate surface area is 115 Å². The Morgan fingerprint density at radius 1 is 1.21 bits per heavy atom. The second-order valence-corrected chi connectivity index (χ2v) is 6.57. The molecule has 1 heterocycles. The van der Waals surface area contributed by atoms with Crippen molar-refractivity contribution in [2.24, 2.45) is 16.1 Å². The molecule has 1 unspecified atom stereocenters. The van der Waals surface area contributed by atoms with E-state index in [4.69, 9.17) is 5.73 Å². The van der Waals surface area contributed by atoms with Gasteiger partial charge in [-0.25, -0.2) is 0 Å². The summed E-state index contributed by atoms with van der Waals surface area (Å²) in [6.07, 6.45) is 3.69. The van der Waals surface area contributed by atoms with Gasteiger partial charge in [0.1, 0.15) is 0 Å². The van der Waals surface area contributed by atoms with Gasteiger partial charge in [-0.05, 0) is 36.8 Å². The largest absolute Gasteiger partial charge is 0.369 e. The van der Waals surface area contributed by atoms with Crippen LogP contribution in [0.25, 0.3) is 0 Å². The molecule has 1 aliphatic carbocycles. The van der Waals surface area contributed by atoms with Crippen molar-refractivity contribution in [3.8, 4) is 0 Å². The molecule has 0 aromatic heterocycles. The summed E-state index contributed by atoms with van der Waals surface area (Å²) in [7, 11) is 0. The molecule has 19 heavy (non-hydrogen) atoms. The third-order valence-electron chi connectivity index (χ3n) is 5.17. The van der Waals surface area contributed by atoms with Crippen molar-refractivity contribution in [1.82, 2.24) is 0 Å². The molecule has 0 saturated heterocycles. The van der Waals surface area contributed by atoms with E-state index in [2.05, 4.69) is 54.9 Å². The van der Waals surface area contributed by atoms with Crippen molar-refractivity contribution in [3.05, 3.63) is 29.8 Å². The molecule has 3 rings (SSSR count). The van der Waals surface area contributed by atoms with Crippen molar-refractivity contribution < 1.29 is 0 Å². The first-order chi connectivity index (χ1) is 8.98. The lowest BCUT2D eigenvalue weighted by Gasteiger charge is -2.46. The minimum absolute atomic E-state index is 0.0726. The number of aryl methyl sites for hydroxylation is 1. The standard InChI is InChI=1S/C16H23N3/c1-12-7-4-5-8-13(12)19-14(17)18-11-16(19)10-6-9-15(16,2)3/h4-5,7-8H,6,9-11H2,1-3H3,(H2,17,18).